The first-order chi connectivity index (χ1) is 16.7. The molecule has 0 amide bonds. The summed E-state index contributed by atoms with van der Waals surface area (Å²) in [5.74, 6) is -0.0769. The Morgan fingerprint density at radius 1 is 0.529 bits per heavy atom. The maximum atomic E-state index is 6.94. The van der Waals surface area contributed by atoms with Crippen molar-refractivity contribution in [3.05, 3.63) is 127 Å². The molecule has 4 heteroatoms. The van der Waals surface area contributed by atoms with E-state index >= 15 is 0 Å². The zero-order valence-electron chi connectivity index (χ0n) is 18.7. The van der Waals surface area contributed by atoms with Crippen LogP contribution < -0.4 is 5.73 Å². The van der Waals surface area contributed by atoms with Gasteiger partial charge in [-0.2, -0.15) is 0 Å². The van der Waals surface area contributed by atoms with Crippen LogP contribution >= 0.6 is 0 Å². The van der Waals surface area contributed by atoms with Gasteiger partial charge in [-0.15, -0.1) is 0 Å². The quantitative estimate of drug-likeness (QED) is 0.339. The Balaban J connectivity index is 1.44. The zero-order chi connectivity index (χ0) is 22.9. The van der Waals surface area contributed by atoms with Gasteiger partial charge in [0, 0.05) is 52.1 Å². The van der Waals surface area contributed by atoms with Crippen LogP contribution in [0.5, 0.6) is 0 Å². The molecule has 0 saturated heterocycles. The number of aromatic nitrogens is 3. The first kappa shape index (κ1) is 20.5. The molecule has 0 radical (unpaired) electrons. The molecular weight excluding hydrogens is 416 g/mol. The lowest BCUT2D eigenvalue weighted by molar-refractivity contribution is 0.524. The van der Waals surface area contributed by atoms with E-state index in [2.05, 4.69) is 66.7 Å². The summed E-state index contributed by atoms with van der Waals surface area (Å²) >= 11 is 0. The van der Waals surface area contributed by atoms with Crippen molar-refractivity contribution < 1.29 is 0 Å². The number of rotatable bonds is 5. The van der Waals surface area contributed by atoms with Gasteiger partial charge < -0.3 is 5.73 Å². The van der Waals surface area contributed by atoms with Gasteiger partial charge >= 0.3 is 0 Å². The Kier molecular flexibility index (Phi) is 5.21. The van der Waals surface area contributed by atoms with E-state index in [1.807, 2.05) is 42.9 Å². The summed E-state index contributed by atoms with van der Waals surface area (Å²) in [6.45, 7) is 0. The summed E-state index contributed by atoms with van der Waals surface area (Å²) in [6.07, 6.45) is 6.46. The van der Waals surface area contributed by atoms with Gasteiger partial charge in [0.1, 0.15) is 0 Å². The van der Waals surface area contributed by atoms with E-state index in [1.165, 1.54) is 5.39 Å². The molecule has 0 spiro atoms. The number of pyridine rings is 3. The molecule has 0 saturated carbocycles. The molecule has 0 aliphatic heterocycles. The van der Waals surface area contributed by atoms with Gasteiger partial charge in [0.2, 0.25) is 0 Å². The highest BCUT2D eigenvalue weighted by Crippen LogP contribution is 2.33. The summed E-state index contributed by atoms with van der Waals surface area (Å²) in [5.41, 5.74) is 9.75. The third-order valence-corrected chi connectivity index (χ3v) is 6.58. The Bertz CT molecular complexity index is 1630. The lowest BCUT2D eigenvalue weighted by atomic mass is 9.87. The summed E-state index contributed by atoms with van der Waals surface area (Å²) in [5, 5.41) is 6.82. The SMILES string of the molecule is NC(c1cc2ccccc2cn1)C(Cc1cc2ccccc2cn1)c1cc2ccccc2cn1. The fourth-order valence-corrected chi connectivity index (χ4v) is 4.67. The third-order valence-electron chi connectivity index (χ3n) is 6.58. The monoisotopic (exact) mass is 440 g/mol. The molecule has 0 aliphatic rings. The topological polar surface area (TPSA) is 64.7 Å². The van der Waals surface area contributed by atoms with E-state index in [0.29, 0.717) is 6.42 Å². The molecule has 2 N–H and O–H groups in total. The van der Waals surface area contributed by atoms with Gasteiger partial charge in [0.05, 0.1) is 11.7 Å². The molecule has 0 aliphatic carbocycles. The molecule has 6 aromatic rings. The first-order valence-electron chi connectivity index (χ1n) is 11.5. The van der Waals surface area contributed by atoms with Crippen LogP contribution in [-0.2, 0) is 6.42 Å². The molecule has 3 aromatic heterocycles. The fraction of sp³-hybridized carbons (Fsp3) is 0.100. The minimum absolute atomic E-state index is 0.0769. The van der Waals surface area contributed by atoms with Crippen molar-refractivity contribution in [2.75, 3.05) is 0 Å². The molecule has 3 aromatic carbocycles. The van der Waals surface area contributed by atoms with Crippen molar-refractivity contribution in [1.29, 1.82) is 0 Å². The van der Waals surface area contributed by atoms with Gasteiger partial charge in [-0.1, -0.05) is 72.8 Å². The van der Waals surface area contributed by atoms with E-state index in [-0.39, 0.29) is 12.0 Å². The average molecular weight is 441 g/mol. The van der Waals surface area contributed by atoms with Crippen molar-refractivity contribution >= 4 is 32.3 Å². The average Bonchev–Trinajstić information content (AvgIpc) is 2.90. The van der Waals surface area contributed by atoms with E-state index < -0.39 is 0 Å². The van der Waals surface area contributed by atoms with Gasteiger partial charge in [-0.3, -0.25) is 15.0 Å². The minimum atomic E-state index is -0.327. The first-order valence-corrected chi connectivity index (χ1v) is 11.5. The van der Waals surface area contributed by atoms with E-state index in [9.17, 15) is 0 Å². The Morgan fingerprint density at radius 3 is 1.56 bits per heavy atom. The normalized spacial score (nSPS) is 13.3. The molecule has 3 heterocycles. The molecule has 2 unspecified atom stereocenters. The highest BCUT2D eigenvalue weighted by atomic mass is 14.8. The summed E-state index contributed by atoms with van der Waals surface area (Å²) in [4.78, 5) is 14.3. The number of benzene rings is 3. The zero-order valence-corrected chi connectivity index (χ0v) is 18.7. The predicted octanol–water partition coefficient (Wildman–Crippen LogP) is 6.36. The highest BCUT2D eigenvalue weighted by molar-refractivity contribution is 5.83. The van der Waals surface area contributed by atoms with Crippen molar-refractivity contribution in [3.8, 4) is 0 Å². The second-order valence-electron chi connectivity index (χ2n) is 8.77. The van der Waals surface area contributed by atoms with Crippen LogP contribution in [0.3, 0.4) is 0 Å². The minimum Gasteiger partial charge on any atom is -0.322 e. The molecular formula is C30H24N4. The van der Waals surface area contributed by atoms with E-state index in [4.69, 9.17) is 20.7 Å². The van der Waals surface area contributed by atoms with Crippen LogP contribution in [0.15, 0.2) is 110 Å². The standard InChI is InChI=1S/C30H24N4/c31-30(29-15-22-9-3-6-12-25(22)19-34-29)27(28-14-21-8-2-5-11-24(21)18-33-28)16-26-13-20-7-1-4-10-23(20)17-32-26/h1-15,17-19,27,30H,16,31H2. The van der Waals surface area contributed by atoms with Crippen LogP contribution in [0.4, 0.5) is 0 Å². The molecule has 0 fully saturated rings. The summed E-state index contributed by atoms with van der Waals surface area (Å²) in [7, 11) is 0. The van der Waals surface area contributed by atoms with Crippen LogP contribution in [0.25, 0.3) is 32.3 Å². The summed E-state index contributed by atoms with van der Waals surface area (Å²) < 4.78 is 0. The van der Waals surface area contributed by atoms with Crippen LogP contribution in [0.2, 0.25) is 0 Å². The lowest BCUT2D eigenvalue weighted by Gasteiger charge is -2.24. The number of hydrogen-bond acceptors (Lipinski definition) is 4. The highest BCUT2D eigenvalue weighted by Gasteiger charge is 2.25. The molecule has 0 bridgehead atoms. The molecule has 6 rings (SSSR count). The van der Waals surface area contributed by atoms with Crippen molar-refractivity contribution in [2.45, 2.75) is 18.4 Å². The number of nitrogens with two attached hydrogens (primary N) is 1. The molecule has 164 valence electrons. The predicted molar refractivity (Wildman–Crippen MR) is 139 cm³/mol. The van der Waals surface area contributed by atoms with Gasteiger partial charge in [-0.25, -0.2) is 0 Å². The van der Waals surface area contributed by atoms with Crippen molar-refractivity contribution in [2.24, 2.45) is 5.73 Å². The van der Waals surface area contributed by atoms with Crippen molar-refractivity contribution in [1.82, 2.24) is 15.0 Å². The van der Waals surface area contributed by atoms with Gasteiger partial charge in [0.15, 0.2) is 0 Å². The second kappa shape index (κ2) is 8.65. The number of fused-ring (bicyclic) bond motifs is 3. The number of nitrogens with zero attached hydrogens (tertiary/aromatic N) is 3. The van der Waals surface area contributed by atoms with Crippen molar-refractivity contribution in [3.63, 3.8) is 0 Å². The maximum absolute atomic E-state index is 6.94. The third kappa shape index (κ3) is 3.89. The Hall–Kier alpha value is -4.15. The van der Waals surface area contributed by atoms with Crippen LogP contribution in [-0.4, -0.2) is 15.0 Å². The molecule has 34 heavy (non-hydrogen) atoms. The number of hydrogen-bond donors (Lipinski definition) is 1. The van der Waals surface area contributed by atoms with Crippen LogP contribution in [0, 0.1) is 0 Å². The molecule has 2 atom stereocenters. The van der Waals surface area contributed by atoms with Gasteiger partial charge in [-0.05, 0) is 40.8 Å². The Morgan fingerprint density at radius 2 is 0.971 bits per heavy atom. The van der Waals surface area contributed by atoms with Gasteiger partial charge in [0.25, 0.3) is 0 Å². The Labute approximate surface area is 198 Å². The second-order valence-corrected chi connectivity index (χ2v) is 8.77. The maximum Gasteiger partial charge on any atom is 0.0584 e. The molecule has 4 nitrogen and oxygen atoms in total. The fourth-order valence-electron chi connectivity index (χ4n) is 4.67. The summed E-state index contributed by atoms with van der Waals surface area (Å²) in [6, 6.07) is 30.9. The van der Waals surface area contributed by atoms with E-state index in [1.54, 1.807) is 0 Å². The lowest BCUT2D eigenvalue weighted by Crippen LogP contribution is -2.24. The van der Waals surface area contributed by atoms with E-state index in [0.717, 1.165) is 44.0 Å². The smallest absolute Gasteiger partial charge is 0.0584 e. The van der Waals surface area contributed by atoms with Crippen LogP contribution in [0.1, 0.15) is 29.0 Å². The largest absolute Gasteiger partial charge is 0.322 e.